The molecule has 0 spiro atoms. The lowest BCUT2D eigenvalue weighted by molar-refractivity contribution is -0.143. The largest absolute Gasteiger partial charge is 0.486 e. The van der Waals surface area contributed by atoms with Crippen LogP contribution in [0.5, 0.6) is 5.75 Å². The van der Waals surface area contributed by atoms with Crippen LogP contribution in [0.4, 0.5) is 23.2 Å². The number of carbonyl (C=O) groups is 1. The van der Waals surface area contributed by atoms with Crippen LogP contribution in [0.15, 0.2) is 65.6 Å². The minimum absolute atomic E-state index is 0.0697. The molecule has 0 N–H and O–H groups in total. The van der Waals surface area contributed by atoms with Crippen molar-refractivity contribution in [2.75, 3.05) is 23.9 Å². The van der Waals surface area contributed by atoms with Gasteiger partial charge in [-0.2, -0.15) is 13.2 Å². The zero-order valence-electron chi connectivity index (χ0n) is 25.4. The number of carbonyl (C=O) groups excluding carboxylic acids is 1. The zero-order valence-corrected chi connectivity index (χ0v) is 26.9. The molecule has 0 aliphatic carbocycles. The SMILES string of the molecule is C/C(=C\c1ccc2c(c1)N(S(=O)(=O)c1cccc(C(F)(F)F)c1)C[C@H](CCC(=O)N1C[C@@H](C)O[C@@H](C)C1)O2)c1c(F)cccc1Cl. The van der Waals surface area contributed by atoms with Crippen molar-refractivity contribution >= 4 is 44.9 Å². The number of rotatable bonds is 7. The van der Waals surface area contributed by atoms with E-state index in [1.165, 1.54) is 18.2 Å². The van der Waals surface area contributed by atoms with Crippen LogP contribution in [0.25, 0.3) is 11.6 Å². The highest BCUT2D eigenvalue weighted by Gasteiger charge is 2.37. The predicted molar refractivity (Wildman–Crippen MR) is 168 cm³/mol. The molecule has 2 heterocycles. The van der Waals surface area contributed by atoms with Gasteiger partial charge in [-0.05, 0) is 80.8 Å². The number of sulfonamides is 1. The third-order valence-corrected chi connectivity index (χ3v) is 9.95. The standard InChI is InChI=1S/C33H33ClF4N2O5S/c1-20(32-27(34)8-5-9-28(32)35)14-23-10-12-30-29(15-23)40(46(42,43)26-7-4-6-24(16-26)33(36,37)38)19-25(45-30)11-13-31(41)39-17-21(2)44-22(3)18-39/h4-10,12,14-16,21-22,25H,11,13,17-19H2,1-3H3/b20-14+/t21-,22+,25-/m0/s1. The van der Waals surface area contributed by atoms with Gasteiger partial charge in [-0.3, -0.25) is 9.10 Å². The van der Waals surface area contributed by atoms with Crippen molar-refractivity contribution in [3.8, 4) is 5.75 Å². The molecule has 3 aromatic carbocycles. The fourth-order valence-electron chi connectivity index (χ4n) is 5.78. The molecule has 0 unspecified atom stereocenters. The topological polar surface area (TPSA) is 76.2 Å². The normalized spacial score (nSPS) is 20.7. The number of alkyl halides is 3. The first-order valence-electron chi connectivity index (χ1n) is 14.7. The van der Waals surface area contributed by atoms with Crippen LogP contribution in [0.1, 0.15) is 50.3 Å². The fraction of sp³-hybridized carbons (Fsp3) is 0.364. The highest BCUT2D eigenvalue weighted by atomic mass is 35.5. The van der Waals surface area contributed by atoms with Crippen molar-refractivity contribution in [1.82, 2.24) is 4.90 Å². The summed E-state index contributed by atoms with van der Waals surface area (Å²) in [6.07, 6.45) is -3.92. The molecule has 3 aromatic rings. The summed E-state index contributed by atoms with van der Waals surface area (Å²) in [5.74, 6) is -0.493. The van der Waals surface area contributed by atoms with E-state index in [0.717, 1.165) is 22.5 Å². The summed E-state index contributed by atoms with van der Waals surface area (Å²) in [6.45, 7) is 6.02. The highest BCUT2D eigenvalue weighted by Crippen LogP contribution is 2.40. The number of anilines is 1. The molecule has 246 valence electrons. The molecule has 1 saturated heterocycles. The number of hydrogen-bond donors (Lipinski definition) is 0. The van der Waals surface area contributed by atoms with E-state index in [1.54, 1.807) is 36.1 Å². The van der Waals surface area contributed by atoms with Crippen LogP contribution in [-0.2, 0) is 25.7 Å². The number of halogens is 5. The number of benzene rings is 3. The molecule has 2 aliphatic heterocycles. The van der Waals surface area contributed by atoms with Crippen LogP contribution in [0.3, 0.4) is 0 Å². The second-order valence-corrected chi connectivity index (χ2v) is 13.8. The van der Waals surface area contributed by atoms with Gasteiger partial charge in [-0.25, -0.2) is 12.8 Å². The fourth-order valence-corrected chi connectivity index (χ4v) is 7.63. The zero-order chi connectivity index (χ0) is 33.4. The van der Waals surface area contributed by atoms with Crippen molar-refractivity contribution in [3.05, 3.63) is 88.2 Å². The monoisotopic (exact) mass is 680 g/mol. The molecular formula is C33H33ClF4N2O5S. The molecule has 0 radical (unpaired) electrons. The van der Waals surface area contributed by atoms with E-state index in [2.05, 4.69) is 0 Å². The first kappa shape index (κ1) is 33.7. The summed E-state index contributed by atoms with van der Waals surface area (Å²) in [5, 5.41) is 0.196. The maximum absolute atomic E-state index is 14.6. The summed E-state index contributed by atoms with van der Waals surface area (Å²) in [6, 6.07) is 12.5. The van der Waals surface area contributed by atoms with E-state index in [0.29, 0.717) is 30.3 Å². The van der Waals surface area contributed by atoms with Gasteiger partial charge in [0.25, 0.3) is 10.0 Å². The second kappa shape index (κ2) is 13.2. The number of morpholine rings is 1. The minimum atomic E-state index is -4.75. The average Bonchev–Trinajstić information content (AvgIpc) is 2.98. The maximum atomic E-state index is 14.6. The van der Waals surface area contributed by atoms with Gasteiger partial charge in [-0.1, -0.05) is 35.9 Å². The molecule has 0 bridgehead atoms. The van der Waals surface area contributed by atoms with Crippen LogP contribution < -0.4 is 9.04 Å². The summed E-state index contributed by atoms with van der Waals surface area (Å²) in [4.78, 5) is 14.2. The Hall–Kier alpha value is -3.61. The predicted octanol–water partition coefficient (Wildman–Crippen LogP) is 7.43. The van der Waals surface area contributed by atoms with Gasteiger partial charge < -0.3 is 14.4 Å². The van der Waals surface area contributed by atoms with Gasteiger partial charge in [0, 0.05) is 25.1 Å². The maximum Gasteiger partial charge on any atom is 0.416 e. The Balaban J connectivity index is 1.49. The van der Waals surface area contributed by atoms with Crippen LogP contribution in [-0.4, -0.2) is 57.2 Å². The lowest BCUT2D eigenvalue weighted by Crippen LogP contribution is -2.48. The van der Waals surface area contributed by atoms with E-state index >= 15 is 0 Å². The van der Waals surface area contributed by atoms with Gasteiger partial charge in [0.05, 0.1) is 39.9 Å². The molecule has 13 heteroatoms. The average molecular weight is 681 g/mol. The molecule has 2 aliphatic rings. The van der Waals surface area contributed by atoms with E-state index in [4.69, 9.17) is 21.1 Å². The lowest BCUT2D eigenvalue weighted by atomic mass is 10.0. The lowest BCUT2D eigenvalue weighted by Gasteiger charge is -2.37. The van der Waals surface area contributed by atoms with Gasteiger partial charge in [-0.15, -0.1) is 0 Å². The molecule has 5 rings (SSSR count). The number of nitrogens with zero attached hydrogens (tertiary/aromatic N) is 2. The van der Waals surface area contributed by atoms with E-state index in [9.17, 15) is 30.8 Å². The summed E-state index contributed by atoms with van der Waals surface area (Å²) in [7, 11) is -4.54. The Morgan fingerprint density at radius 2 is 1.72 bits per heavy atom. The van der Waals surface area contributed by atoms with Crippen LogP contribution >= 0.6 is 11.6 Å². The number of ether oxygens (including phenoxy) is 2. The molecular weight excluding hydrogens is 648 g/mol. The highest BCUT2D eigenvalue weighted by molar-refractivity contribution is 7.92. The minimum Gasteiger partial charge on any atom is -0.486 e. The third kappa shape index (κ3) is 7.34. The molecule has 7 nitrogen and oxygen atoms in total. The van der Waals surface area contributed by atoms with Gasteiger partial charge in [0.1, 0.15) is 17.7 Å². The quantitative estimate of drug-likeness (QED) is 0.192. The number of allylic oxidation sites excluding steroid dienone is 1. The molecule has 0 aromatic heterocycles. The van der Waals surface area contributed by atoms with Crippen molar-refractivity contribution in [2.24, 2.45) is 0 Å². The van der Waals surface area contributed by atoms with Crippen LogP contribution in [0, 0.1) is 5.82 Å². The third-order valence-electron chi connectivity index (χ3n) is 7.86. The van der Waals surface area contributed by atoms with Crippen molar-refractivity contribution in [3.63, 3.8) is 0 Å². The smallest absolute Gasteiger partial charge is 0.416 e. The summed E-state index contributed by atoms with van der Waals surface area (Å²) in [5.41, 5.74) is 0.118. The Bertz CT molecular complexity index is 1730. The number of fused-ring (bicyclic) bond motifs is 1. The van der Waals surface area contributed by atoms with Crippen molar-refractivity contribution in [2.45, 2.75) is 63.0 Å². The van der Waals surface area contributed by atoms with E-state index < -0.39 is 38.6 Å². The Kier molecular flexibility index (Phi) is 9.72. The molecule has 46 heavy (non-hydrogen) atoms. The van der Waals surface area contributed by atoms with E-state index in [-0.39, 0.29) is 59.5 Å². The molecule has 3 atom stereocenters. The molecule has 1 fully saturated rings. The summed E-state index contributed by atoms with van der Waals surface area (Å²) >= 11 is 6.23. The van der Waals surface area contributed by atoms with Gasteiger partial charge in [0.15, 0.2) is 0 Å². The Morgan fingerprint density at radius 3 is 2.39 bits per heavy atom. The first-order valence-corrected chi connectivity index (χ1v) is 16.5. The Labute approximate surface area is 270 Å². The van der Waals surface area contributed by atoms with Gasteiger partial charge >= 0.3 is 6.18 Å². The van der Waals surface area contributed by atoms with Crippen molar-refractivity contribution < 1.29 is 40.2 Å². The first-order chi connectivity index (χ1) is 21.6. The molecule has 1 amide bonds. The Morgan fingerprint density at radius 1 is 1.02 bits per heavy atom. The summed E-state index contributed by atoms with van der Waals surface area (Å²) < 4.78 is 96.1. The van der Waals surface area contributed by atoms with Crippen molar-refractivity contribution in [1.29, 1.82) is 0 Å². The number of amides is 1. The number of hydrogen-bond acceptors (Lipinski definition) is 5. The van der Waals surface area contributed by atoms with Gasteiger partial charge in [0.2, 0.25) is 5.91 Å². The van der Waals surface area contributed by atoms with Crippen LogP contribution in [0.2, 0.25) is 5.02 Å². The molecule has 0 saturated carbocycles. The second-order valence-electron chi connectivity index (χ2n) is 11.5. The van der Waals surface area contributed by atoms with E-state index in [1.807, 2.05) is 13.8 Å².